The Kier molecular flexibility index (Phi) is 3.58. The summed E-state index contributed by atoms with van der Waals surface area (Å²) in [6.45, 7) is 0. The number of ether oxygens (including phenoxy) is 1. The van der Waals surface area contributed by atoms with E-state index < -0.39 is 0 Å². The summed E-state index contributed by atoms with van der Waals surface area (Å²) in [4.78, 5) is 5.34. The van der Waals surface area contributed by atoms with Crippen LogP contribution in [0.3, 0.4) is 0 Å². The maximum Gasteiger partial charge on any atom is 0.142 e. The van der Waals surface area contributed by atoms with E-state index in [-0.39, 0.29) is 6.04 Å². The molecule has 0 saturated heterocycles. The largest absolute Gasteiger partial charge is 0.495 e. The number of hydrogen-bond acceptors (Lipinski definition) is 4. The first-order valence-corrected chi connectivity index (χ1v) is 6.33. The molecule has 0 aromatic carbocycles. The second-order valence-electron chi connectivity index (χ2n) is 3.21. The van der Waals surface area contributed by atoms with Crippen molar-refractivity contribution in [2.75, 3.05) is 7.11 Å². The molecular weight excluding hydrogens is 288 g/mol. The molecule has 5 heteroatoms. The Hall–Kier alpha value is -0.910. The Labute approximate surface area is 106 Å². The van der Waals surface area contributed by atoms with Gasteiger partial charge in [-0.1, -0.05) is 0 Å². The standard InChI is InChI=1S/C11H11BrN2OS/c1-15-7-3-2-6-14-11(7)10(13)8-4-5-9(12)16-8/h2-6,10H,13H2,1H3. The van der Waals surface area contributed by atoms with E-state index in [1.807, 2.05) is 24.3 Å². The van der Waals surface area contributed by atoms with Crippen molar-refractivity contribution in [3.05, 3.63) is 44.8 Å². The summed E-state index contributed by atoms with van der Waals surface area (Å²) in [7, 11) is 1.62. The van der Waals surface area contributed by atoms with Crippen LogP contribution in [-0.2, 0) is 0 Å². The molecule has 84 valence electrons. The van der Waals surface area contributed by atoms with E-state index in [2.05, 4.69) is 20.9 Å². The molecule has 0 spiro atoms. The topological polar surface area (TPSA) is 48.1 Å². The lowest BCUT2D eigenvalue weighted by Gasteiger charge is -2.12. The third-order valence-electron chi connectivity index (χ3n) is 2.21. The first-order valence-electron chi connectivity index (χ1n) is 4.72. The Balaban J connectivity index is 2.36. The molecule has 0 aliphatic carbocycles. The fraction of sp³-hybridized carbons (Fsp3) is 0.182. The Morgan fingerprint density at radius 2 is 2.25 bits per heavy atom. The Morgan fingerprint density at radius 1 is 1.44 bits per heavy atom. The molecule has 16 heavy (non-hydrogen) atoms. The highest BCUT2D eigenvalue weighted by Crippen LogP contribution is 2.32. The molecule has 1 atom stereocenters. The van der Waals surface area contributed by atoms with Crippen LogP contribution < -0.4 is 10.5 Å². The number of aromatic nitrogens is 1. The molecule has 2 aromatic rings. The van der Waals surface area contributed by atoms with E-state index >= 15 is 0 Å². The Morgan fingerprint density at radius 3 is 2.88 bits per heavy atom. The number of halogens is 1. The van der Waals surface area contributed by atoms with Gasteiger partial charge in [-0.3, -0.25) is 4.98 Å². The van der Waals surface area contributed by atoms with Gasteiger partial charge in [0.25, 0.3) is 0 Å². The fourth-order valence-electron chi connectivity index (χ4n) is 1.44. The minimum Gasteiger partial charge on any atom is -0.495 e. The summed E-state index contributed by atoms with van der Waals surface area (Å²) in [5.41, 5.74) is 6.92. The van der Waals surface area contributed by atoms with Crippen molar-refractivity contribution in [1.29, 1.82) is 0 Å². The summed E-state index contributed by atoms with van der Waals surface area (Å²) in [5.74, 6) is 0.722. The van der Waals surface area contributed by atoms with Crippen LogP contribution in [0.15, 0.2) is 34.2 Å². The highest BCUT2D eigenvalue weighted by atomic mass is 79.9. The molecule has 2 heterocycles. The van der Waals surface area contributed by atoms with Crippen molar-refractivity contribution in [2.45, 2.75) is 6.04 Å². The highest BCUT2D eigenvalue weighted by molar-refractivity contribution is 9.11. The summed E-state index contributed by atoms with van der Waals surface area (Å²) in [5, 5.41) is 0. The highest BCUT2D eigenvalue weighted by Gasteiger charge is 2.16. The SMILES string of the molecule is COc1cccnc1C(N)c1ccc(Br)s1. The molecule has 2 N–H and O–H groups in total. The van der Waals surface area contributed by atoms with Crippen molar-refractivity contribution < 1.29 is 4.74 Å². The van der Waals surface area contributed by atoms with E-state index in [9.17, 15) is 0 Å². The predicted octanol–water partition coefficient (Wildman–Crippen LogP) is 2.96. The van der Waals surface area contributed by atoms with Crippen molar-refractivity contribution in [2.24, 2.45) is 5.73 Å². The van der Waals surface area contributed by atoms with Crippen LogP contribution in [0.5, 0.6) is 5.75 Å². The molecule has 2 aromatic heterocycles. The lowest BCUT2D eigenvalue weighted by atomic mass is 10.1. The van der Waals surface area contributed by atoms with Gasteiger partial charge in [0.15, 0.2) is 0 Å². The molecule has 1 unspecified atom stereocenters. The quantitative estimate of drug-likeness (QED) is 0.948. The van der Waals surface area contributed by atoms with Gasteiger partial charge in [0, 0.05) is 11.1 Å². The molecule has 0 amide bonds. The third-order valence-corrected chi connectivity index (χ3v) is 3.92. The molecule has 0 fully saturated rings. The van der Waals surface area contributed by atoms with Crippen molar-refractivity contribution in [3.8, 4) is 5.75 Å². The fourth-order valence-corrected chi connectivity index (χ4v) is 2.87. The molecule has 0 saturated carbocycles. The van der Waals surface area contributed by atoms with Gasteiger partial charge in [0.05, 0.1) is 16.9 Å². The van der Waals surface area contributed by atoms with Crippen LogP contribution in [-0.4, -0.2) is 12.1 Å². The van der Waals surface area contributed by atoms with Crippen LogP contribution in [0.25, 0.3) is 0 Å². The third kappa shape index (κ3) is 2.26. The first kappa shape index (κ1) is 11.6. The zero-order valence-electron chi connectivity index (χ0n) is 8.68. The van der Waals surface area contributed by atoms with Crippen molar-refractivity contribution >= 4 is 27.3 Å². The van der Waals surface area contributed by atoms with Crippen LogP contribution in [0.4, 0.5) is 0 Å². The minimum absolute atomic E-state index is 0.243. The number of nitrogens with two attached hydrogens (primary N) is 1. The number of thiophene rings is 1. The zero-order chi connectivity index (χ0) is 11.5. The van der Waals surface area contributed by atoms with E-state index in [4.69, 9.17) is 10.5 Å². The number of pyridine rings is 1. The second-order valence-corrected chi connectivity index (χ2v) is 5.71. The van der Waals surface area contributed by atoms with Crippen LogP contribution >= 0.6 is 27.3 Å². The van der Waals surface area contributed by atoms with Gasteiger partial charge in [0.1, 0.15) is 11.4 Å². The molecule has 3 nitrogen and oxygen atoms in total. The average Bonchev–Trinajstić information content (AvgIpc) is 2.75. The first-order chi connectivity index (χ1) is 7.72. The summed E-state index contributed by atoms with van der Waals surface area (Å²) < 4.78 is 6.31. The van der Waals surface area contributed by atoms with E-state index in [1.54, 1.807) is 24.6 Å². The van der Waals surface area contributed by atoms with E-state index in [0.717, 1.165) is 20.1 Å². The summed E-state index contributed by atoms with van der Waals surface area (Å²) >= 11 is 5.03. The van der Waals surface area contributed by atoms with Crippen LogP contribution in [0.2, 0.25) is 0 Å². The summed E-state index contributed by atoms with van der Waals surface area (Å²) in [6.07, 6.45) is 1.72. The van der Waals surface area contributed by atoms with Gasteiger partial charge in [-0.05, 0) is 40.2 Å². The maximum absolute atomic E-state index is 6.15. The van der Waals surface area contributed by atoms with Gasteiger partial charge in [0.2, 0.25) is 0 Å². The normalized spacial score (nSPS) is 12.4. The molecule has 0 aliphatic rings. The van der Waals surface area contributed by atoms with Crippen LogP contribution in [0.1, 0.15) is 16.6 Å². The monoisotopic (exact) mass is 298 g/mol. The lowest BCUT2D eigenvalue weighted by molar-refractivity contribution is 0.405. The number of hydrogen-bond donors (Lipinski definition) is 1. The average molecular weight is 299 g/mol. The van der Waals surface area contributed by atoms with Gasteiger partial charge >= 0.3 is 0 Å². The van der Waals surface area contributed by atoms with Crippen molar-refractivity contribution in [1.82, 2.24) is 4.98 Å². The maximum atomic E-state index is 6.15. The molecule has 0 aliphatic heterocycles. The number of rotatable bonds is 3. The smallest absolute Gasteiger partial charge is 0.142 e. The lowest BCUT2D eigenvalue weighted by Crippen LogP contribution is -2.13. The van der Waals surface area contributed by atoms with Crippen molar-refractivity contribution in [3.63, 3.8) is 0 Å². The predicted molar refractivity (Wildman–Crippen MR) is 68.8 cm³/mol. The molecular formula is C11H11BrN2OS. The zero-order valence-corrected chi connectivity index (χ0v) is 11.1. The van der Waals surface area contributed by atoms with Gasteiger partial charge in [-0.2, -0.15) is 0 Å². The number of methoxy groups -OCH3 is 1. The van der Waals surface area contributed by atoms with Crippen LogP contribution in [0, 0.1) is 0 Å². The van der Waals surface area contributed by atoms with Gasteiger partial charge < -0.3 is 10.5 Å². The molecule has 0 radical (unpaired) electrons. The summed E-state index contributed by atoms with van der Waals surface area (Å²) in [6, 6.07) is 7.43. The minimum atomic E-state index is -0.243. The Bertz CT molecular complexity index is 486. The van der Waals surface area contributed by atoms with E-state index in [0.29, 0.717) is 0 Å². The van der Waals surface area contributed by atoms with Gasteiger partial charge in [-0.15, -0.1) is 11.3 Å². The second kappa shape index (κ2) is 4.95. The van der Waals surface area contributed by atoms with Gasteiger partial charge in [-0.25, -0.2) is 0 Å². The molecule has 0 bridgehead atoms. The van der Waals surface area contributed by atoms with E-state index in [1.165, 1.54) is 0 Å². The molecule has 2 rings (SSSR count). The number of nitrogens with zero attached hydrogens (tertiary/aromatic N) is 1.